The predicted octanol–water partition coefficient (Wildman–Crippen LogP) is 2.36. The topological polar surface area (TPSA) is 40.5 Å². The van der Waals surface area contributed by atoms with E-state index in [4.69, 9.17) is 0 Å². The Bertz CT molecular complexity index is 269. The Balaban J connectivity index is 2.17. The van der Waals surface area contributed by atoms with Crippen LogP contribution in [0.4, 0.5) is 0 Å². The van der Waals surface area contributed by atoms with Gasteiger partial charge in [0, 0.05) is 19.1 Å². The highest BCUT2D eigenvalue weighted by molar-refractivity contribution is 5.72. The lowest BCUT2D eigenvalue weighted by atomic mass is 9.68. The number of carboxylic acids is 1. The molecule has 1 aliphatic heterocycles. The molecule has 0 unspecified atom stereocenters. The lowest BCUT2D eigenvalue weighted by molar-refractivity contribution is -0.145. The van der Waals surface area contributed by atoms with Crippen LogP contribution in [0.3, 0.4) is 0 Å². The summed E-state index contributed by atoms with van der Waals surface area (Å²) < 4.78 is 0. The molecule has 1 spiro atoms. The Morgan fingerprint density at radius 3 is 2.44 bits per heavy atom. The van der Waals surface area contributed by atoms with E-state index in [-0.39, 0.29) is 11.3 Å². The van der Waals surface area contributed by atoms with Crippen LogP contribution in [0, 0.1) is 11.3 Å². The average molecular weight is 225 g/mol. The number of likely N-dealkylation sites (tertiary alicyclic amines) is 1. The van der Waals surface area contributed by atoms with Gasteiger partial charge < -0.3 is 5.11 Å². The first kappa shape index (κ1) is 11.9. The fourth-order valence-corrected chi connectivity index (χ4v) is 3.50. The minimum atomic E-state index is -0.579. The molecule has 3 heteroatoms. The monoisotopic (exact) mass is 225 g/mol. The molecular formula is C13H23NO2. The van der Waals surface area contributed by atoms with Crippen molar-refractivity contribution in [3.8, 4) is 0 Å². The molecule has 1 saturated heterocycles. The molecule has 16 heavy (non-hydrogen) atoms. The van der Waals surface area contributed by atoms with Crippen molar-refractivity contribution in [2.45, 2.75) is 52.0 Å². The Morgan fingerprint density at radius 1 is 1.31 bits per heavy atom. The summed E-state index contributed by atoms with van der Waals surface area (Å²) in [4.78, 5) is 13.8. The van der Waals surface area contributed by atoms with Crippen LogP contribution in [0.1, 0.15) is 46.0 Å². The van der Waals surface area contributed by atoms with Gasteiger partial charge in [-0.05, 0) is 32.1 Å². The van der Waals surface area contributed by atoms with Crippen molar-refractivity contribution >= 4 is 5.97 Å². The SMILES string of the molecule is CC(C)N1C[C@@H](C(=O)O)C2(CCCCC2)C1. The van der Waals surface area contributed by atoms with E-state index in [0.29, 0.717) is 6.04 Å². The van der Waals surface area contributed by atoms with E-state index < -0.39 is 5.97 Å². The smallest absolute Gasteiger partial charge is 0.308 e. The number of carboxylic acid groups (broad SMARTS) is 1. The van der Waals surface area contributed by atoms with Crippen LogP contribution in [0.15, 0.2) is 0 Å². The summed E-state index contributed by atoms with van der Waals surface area (Å²) in [6, 6.07) is 0.475. The van der Waals surface area contributed by atoms with Gasteiger partial charge in [0.1, 0.15) is 0 Å². The van der Waals surface area contributed by atoms with Crippen molar-refractivity contribution < 1.29 is 9.90 Å². The quantitative estimate of drug-likeness (QED) is 0.784. The van der Waals surface area contributed by atoms with E-state index in [1.807, 2.05) is 0 Å². The summed E-state index contributed by atoms with van der Waals surface area (Å²) in [6.07, 6.45) is 5.96. The third kappa shape index (κ3) is 1.97. The Hall–Kier alpha value is -0.570. The van der Waals surface area contributed by atoms with E-state index >= 15 is 0 Å². The molecule has 1 aliphatic carbocycles. The van der Waals surface area contributed by atoms with Gasteiger partial charge in [0.05, 0.1) is 5.92 Å². The standard InChI is InChI=1S/C13H23NO2/c1-10(2)14-8-11(12(15)16)13(9-14)6-4-3-5-7-13/h10-11H,3-9H2,1-2H3,(H,15,16)/t11-/m0/s1. The van der Waals surface area contributed by atoms with Gasteiger partial charge in [-0.2, -0.15) is 0 Å². The van der Waals surface area contributed by atoms with E-state index in [0.717, 1.165) is 25.9 Å². The van der Waals surface area contributed by atoms with Gasteiger partial charge in [-0.15, -0.1) is 0 Å². The number of carbonyl (C=O) groups is 1. The van der Waals surface area contributed by atoms with Crippen LogP contribution in [0.5, 0.6) is 0 Å². The molecule has 0 aromatic rings. The van der Waals surface area contributed by atoms with Crippen LogP contribution in [0.25, 0.3) is 0 Å². The van der Waals surface area contributed by atoms with Crippen LogP contribution in [0.2, 0.25) is 0 Å². The first-order chi connectivity index (χ1) is 7.55. The number of aliphatic carboxylic acids is 1. The summed E-state index contributed by atoms with van der Waals surface area (Å²) in [6.45, 7) is 6.09. The van der Waals surface area contributed by atoms with Crippen molar-refractivity contribution in [3.63, 3.8) is 0 Å². The molecule has 1 saturated carbocycles. The molecule has 2 rings (SSSR count). The molecule has 0 bridgehead atoms. The van der Waals surface area contributed by atoms with Gasteiger partial charge in [-0.25, -0.2) is 0 Å². The first-order valence-electron chi connectivity index (χ1n) is 6.52. The maximum atomic E-state index is 11.4. The van der Waals surface area contributed by atoms with E-state index in [1.165, 1.54) is 19.3 Å². The summed E-state index contributed by atoms with van der Waals surface area (Å²) in [5.41, 5.74) is 0.0916. The zero-order chi connectivity index (χ0) is 11.8. The molecule has 0 aromatic heterocycles. The van der Waals surface area contributed by atoms with Crippen LogP contribution in [-0.4, -0.2) is 35.1 Å². The highest BCUT2D eigenvalue weighted by atomic mass is 16.4. The van der Waals surface area contributed by atoms with Crippen LogP contribution in [-0.2, 0) is 4.79 Å². The van der Waals surface area contributed by atoms with Gasteiger partial charge in [-0.1, -0.05) is 19.3 Å². The zero-order valence-electron chi connectivity index (χ0n) is 10.4. The third-order valence-corrected chi connectivity index (χ3v) is 4.55. The summed E-state index contributed by atoms with van der Waals surface area (Å²) in [7, 11) is 0. The molecule has 3 nitrogen and oxygen atoms in total. The van der Waals surface area contributed by atoms with Crippen LogP contribution < -0.4 is 0 Å². The Kier molecular flexibility index (Phi) is 3.24. The van der Waals surface area contributed by atoms with E-state index in [9.17, 15) is 9.90 Å². The second kappa shape index (κ2) is 4.36. The lowest BCUT2D eigenvalue weighted by Gasteiger charge is -2.36. The van der Waals surface area contributed by atoms with Crippen molar-refractivity contribution in [3.05, 3.63) is 0 Å². The highest BCUT2D eigenvalue weighted by Crippen LogP contribution is 2.48. The number of hydrogen-bond acceptors (Lipinski definition) is 2. The van der Waals surface area contributed by atoms with Crippen molar-refractivity contribution in [1.29, 1.82) is 0 Å². The second-order valence-electron chi connectivity index (χ2n) is 5.84. The molecular weight excluding hydrogens is 202 g/mol. The average Bonchev–Trinajstić information content (AvgIpc) is 2.59. The molecule has 92 valence electrons. The second-order valence-corrected chi connectivity index (χ2v) is 5.84. The lowest BCUT2D eigenvalue weighted by Crippen LogP contribution is -2.37. The molecule has 2 aliphatic rings. The summed E-state index contributed by atoms with van der Waals surface area (Å²) in [5, 5.41) is 9.40. The van der Waals surface area contributed by atoms with E-state index in [1.54, 1.807) is 0 Å². The Labute approximate surface area is 97.8 Å². The molecule has 1 N–H and O–H groups in total. The molecule has 2 fully saturated rings. The van der Waals surface area contributed by atoms with Gasteiger partial charge in [0.15, 0.2) is 0 Å². The van der Waals surface area contributed by atoms with Crippen LogP contribution >= 0.6 is 0 Å². The largest absolute Gasteiger partial charge is 0.481 e. The molecule has 0 aromatic carbocycles. The minimum Gasteiger partial charge on any atom is -0.481 e. The third-order valence-electron chi connectivity index (χ3n) is 4.55. The fraction of sp³-hybridized carbons (Fsp3) is 0.923. The first-order valence-corrected chi connectivity index (χ1v) is 6.52. The number of rotatable bonds is 2. The minimum absolute atomic E-state index is 0.0916. The summed E-state index contributed by atoms with van der Waals surface area (Å²) in [5.74, 6) is -0.708. The highest BCUT2D eigenvalue weighted by Gasteiger charge is 2.50. The van der Waals surface area contributed by atoms with Crippen molar-refractivity contribution in [2.75, 3.05) is 13.1 Å². The fourth-order valence-electron chi connectivity index (χ4n) is 3.50. The van der Waals surface area contributed by atoms with Gasteiger partial charge >= 0.3 is 5.97 Å². The van der Waals surface area contributed by atoms with Gasteiger partial charge in [0.2, 0.25) is 0 Å². The molecule has 1 atom stereocenters. The maximum absolute atomic E-state index is 11.4. The predicted molar refractivity (Wildman–Crippen MR) is 63.4 cm³/mol. The maximum Gasteiger partial charge on any atom is 0.308 e. The van der Waals surface area contributed by atoms with E-state index in [2.05, 4.69) is 18.7 Å². The van der Waals surface area contributed by atoms with Crippen molar-refractivity contribution in [1.82, 2.24) is 4.90 Å². The van der Waals surface area contributed by atoms with Gasteiger partial charge in [0.25, 0.3) is 0 Å². The normalized spacial score (nSPS) is 30.1. The van der Waals surface area contributed by atoms with Gasteiger partial charge in [-0.3, -0.25) is 9.69 Å². The number of hydrogen-bond donors (Lipinski definition) is 1. The molecule has 0 amide bonds. The molecule has 1 heterocycles. The van der Waals surface area contributed by atoms with Crippen molar-refractivity contribution in [2.24, 2.45) is 11.3 Å². The Morgan fingerprint density at radius 2 is 1.94 bits per heavy atom. The number of nitrogens with zero attached hydrogens (tertiary/aromatic N) is 1. The molecule has 0 radical (unpaired) electrons. The zero-order valence-corrected chi connectivity index (χ0v) is 10.4. The summed E-state index contributed by atoms with van der Waals surface area (Å²) >= 11 is 0.